The molecule has 2 N–H and O–H groups in total. The Morgan fingerprint density at radius 3 is 2.83 bits per heavy atom. The van der Waals surface area contributed by atoms with E-state index in [1.165, 1.54) is 0 Å². The molecule has 4 nitrogen and oxygen atoms in total. The highest BCUT2D eigenvalue weighted by Gasteiger charge is 2.16. The Bertz CT molecular complexity index is 559. The first-order valence-corrected chi connectivity index (χ1v) is 6.32. The summed E-state index contributed by atoms with van der Waals surface area (Å²) in [5, 5.41) is 0. The van der Waals surface area contributed by atoms with Gasteiger partial charge >= 0.3 is 0 Å². The number of hydrogen-bond donors (Lipinski definition) is 1. The van der Waals surface area contributed by atoms with E-state index in [2.05, 4.69) is 4.98 Å². The Labute approximate surface area is 107 Å². The molecular weight excluding hydrogens is 226 g/mol. The number of hydrogen-bond acceptors (Lipinski definition) is 3. The van der Waals surface area contributed by atoms with Crippen LogP contribution in [0, 0.1) is 0 Å². The van der Waals surface area contributed by atoms with Crippen molar-refractivity contribution < 1.29 is 4.79 Å². The topological polar surface area (TPSA) is 60.9 Å². The van der Waals surface area contributed by atoms with Crippen LogP contribution in [0.2, 0.25) is 0 Å². The molecule has 0 saturated heterocycles. The zero-order valence-electron chi connectivity index (χ0n) is 10.9. The molecule has 0 spiro atoms. The van der Waals surface area contributed by atoms with Crippen molar-refractivity contribution >= 4 is 16.8 Å². The number of nitrogens with zero attached hydrogens (tertiary/aromatic N) is 2. The predicted octanol–water partition coefficient (Wildman–Crippen LogP) is 1.81. The van der Waals surface area contributed by atoms with Crippen molar-refractivity contribution in [2.24, 2.45) is 12.8 Å². The van der Waals surface area contributed by atoms with E-state index in [1.54, 1.807) is 0 Å². The summed E-state index contributed by atoms with van der Waals surface area (Å²) in [6.45, 7) is 2.03. The number of fused-ring (bicyclic) bond motifs is 1. The standard InChI is InChI=1S/C14H19N3O/c1-3-6-10(15)13(18)9-14-16-11-7-4-5-8-12(11)17(14)2/h4-5,7-8,10H,3,6,9,15H2,1-2H3. The highest BCUT2D eigenvalue weighted by Crippen LogP contribution is 2.15. The van der Waals surface area contributed by atoms with Crippen LogP contribution < -0.4 is 5.73 Å². The molecule has 96 valence electrons. The quantitative estimate of drug-likeness (QED) is 0.874. The van der Waals surface area contributed by atoms with Gasteiger partial charge in [-0.15, -0.1) is 0 Å². The summed E-state index contributed by atoms with van der Waals surface area (Å²) < 4.78 is 1.96. The van der Waals surface area contributed by atoms with Gasteiger partial charge in [0.05, 0.1) is 23.5 Å². The van der Waals surface area contributed by atoms with Crippen LogP contribution in [0.3, 0.4) is 0 Å². The number of para-hydroxylation sites is 2. The minimum absolute atomic E-state index is 0.0651. The summed E-state index contributed by atoms with van der Waals surface area (Å²) >= 11 is 0. The van der Waals surface area contributed by atoms with Crippen molar-refractivity contribution in [3.05, 3.63) is 30.1 Å². The highest BCUT2D eigenvalue weighted by atomic mass is 16.1. The van der Waals surface area contributed by atoms with E-state index in [4.69, 9.17) is 5.73 Å². The van der Waals surface area contributed by atoms with Gasteiger partial charge in [-0.2, -0.15) is 0 Å². The number of nitrogens with two attached hydrogens (primary N) is 1. The van der Waals surface area contributed by atoms with Gasteiger partial charge in [0.25, 0.3) is 0 Å². The average molecular weight is 245 g/mol. The summed E-state index contributed by atoms with van der Waals surface area (Å²) in [7, 11) is 1.93. The van der Waals surface area contributed by atoms with Gasteiger partial charge in [0.2, 0.25) is 0 Å². The minimum Gasteiger partial charge on any atom is -0.331 e. The Balaban J connectivity index is 2.22. The minimum atomic E-state index is -0.366. The number of imidazole rings is 1. The molecule has 4 heteroatoms. The summed E-state index contributed by atoms with van der Waals surface area (Å²) in [6.07, 6.45) is 1.98. The molecule has 0 saturated carbocycles. The number of aryl methyl sites for hydroxylation is 1. The Kier molecular flexibility index (Phi) is 3.77. The number of carbonyl (C=O) groups excluding carboxylic acids is 1. The van der Waals surface area contributed by atoms with Crippen molar-refractivity contribution in [1.29, 1.82) is 0 Å². The molecule has 0 bridgehead atoms. The number of ketones is 1. The third kappa shape index (κ3) is 2.43. The van der Waals surface area contributed by atoms with E-state index < -0.39 is 0 Å². The molecule has 1 aromatic carbocycles. The first-order valence-electron chi connectivity index (χ1n) is 6.32. The maximum absolute atomic E-state index is 12.0. The zero-order chi connectivity index (χ0) is 13.1. The number of Topliss-reactive ketones (excluding diaryl/α,β-unsaturated/α-hetero) is 1. The Morgan fingerprint density at radius 2 is 2.17 bits per heavy atom. The van der Waals surface area contributed by atoms with Gasteiger partial charge in [-0.3, -0.25) is 4.79 Å². The molecule has 0 amide bonds. The van der Waals surface area contributed by atoms with Crippen LogP contribution in [0.1, 0.15) is 25.6 Å². The van der Waals surface area contributed by atoms with E-state index in [0.717, 1.165) is 29.7 Å². The molecule has 1 aromatic heterocycles. The molecular formula is C14H19N3O. The van der Waals surface area contributed by atoms with E-state index in [1.807, 2.05) is 42.8 Å². The van der Waals surface area contributed by atoms with Gasteiger partial charge in [0, 0.05) is 7.05 Å². The second kappa shape index (κ2) is 5.31. The lowest BCUT2D eigenvalue weighted by Gasteiger charge is -2.08. The zero-order valence-corrected chi connectivity index (χ0v) is 10.9. The fraction of sp³-hybridized carbons (Fsp3) is 0.429. The van der Waals surface area contributed by atoms with Crippen molar-refractivity contribution in [3.63, 3.8) is 0 Å². The summed E-state index contributed by atoms with van der Waals surface area (Å²) in [5.41, 5.74) is 7.80. The molecule has 1 atom stereocenters. The molecule has 2 rings (SSSR count). The van der Waals surface area contributed by atoms with Crippen LogP contribution in [0.4, 0.5) is 0 Å². The largest absolute Gasteiger partial charge is 0.331 e. The summed E-state index contributed by atoms with van der Waals surface area (Å²) in [5.74, 6) is 0.850. The molecule has 0 aliphatic heterocycles. The fourth-order valence-corrected chi connectivity index (χ4v) is 2.11. The predicted molar refractivity (Wildman–Crippen MR) is 72.3 cm³/mol. The van der Waals surface area contributed by atoms with Crippen molar-refractivity contribution in [1.82, 2.24) is 9.55 Å². The number of aromatic nitrogens is 2. The number of rotatable bonds is 5. The Morgan fingerprint density at radius 1 is 1.44 bits per heavy atom. The first kappa shape index (κ1) is 12.8. The molecule has 0 fully saturated rings. The van der Waals surface area contributed by atoms with Gasteiger partial charge in [0.15, 0.2) is 5.78 Å². The van der Waals surface area contributed by atoms with Gasteiger partial charge in [-0.05, 0) is 18.6 Å². The van der Waals surface area contributed by atoms with Crippen molar-refractivity contribution in [2.45, 2.75) is 32.2 Å². The SMILES string of the molecule is CCCC(N)C(=O)Cc1nc2ccccc2n1C. The second-order valence-corrected chi connectivity index (χ2v) is 4.61. The molecule has 18 heavy (non-hydrogen) atoms. The normalized spacial score (nSPS) is 12.8. The van der Waals surface area contributed by atoms with Crippen LogP contribution in [0.5, 0.6) is 0 Å². The average Bonchev–Trinajstić information content (AvgIpc) is 2.67. The fourth-order valence-electron chi connectivity index (χ4n) is 2.11. The van der Waals surface area contributed by atoms with Crippen molar-refractivity contribution in [3.8, 4) is 0 Å². The lowest BCUT2D eigenvalue weighted by atomic mass is 10.1. The van der Waals surface area contributed by atoms with Crippen LogP contribution >= 0.6 is 0 Å². The molecule has 1 heterocycles. The monoisotopic (exact) mass is 245 g/mol. The number of benzene rings is 1. The van der Waals surface area contributed by atoms with E-state index in [9.17, 15) is 4.79 Å². The lowest BCUT2D eigenvalue weighted by Crippen LogP contribution is -2.32. The van der Waals surface area contributed by atoms with Crippen molar-refractivity contribution in [2.75, 3.05) is 0 Å². The lowest BCUT2D eigenvalue weighted by molar-refractivity contribution is -0.119. The van der Waals surface area contributed by atoms with Gasteiger partial charge in [-0.1, -0.05) is 25.5 Å². The maximum atomic E-state index is 12.0. The highest BCUT2D eigenvalue weighted by molar-refractivity contribution is 5.86. The summed E-state index contributed by atoms with van der Waals surface area (Å²) in [6, 6.07) is 7.51. The summed E-state index contributed by atoms with van der Waals surface area (Å²) in [4.78, 5) is 16.4. The molecule has 0 aliphatic rings. The smallest absolute Gasteiger partial charge is 0.157 e. The van der Waals surface area contributed by atoms with Gasteiger partial charge < -0.3 is 10.3 Å². The third-order valence-electron chi connectivity index (χ3n) is 3.23. The molecule has 1 unspecified atom stereocenters. The van der Waals surface area contributed by atoms with Gasteiger partial charge in [0.1, 0.15) is 5.82 Å². The molecule has 0 aliphatic carbocycles. The molecule has 0 radical (unpaired) electrons. The third-order valence-corrected chi connectivity index (χ3v) is 3.23. The number of carbonyl (C=O) groups is 1. The maximum Gasteiger partial charge on any atom is 0.157 e. The molecule has 2 aromatic rings. The second-order valence-electron chi connectivity index (χ2n) is 4.61. The van der Waals surface area contributed by atoms with Crippen LogP contribution in [0.15, 0.2) is 24.3 Å². The van der Waals surface area contributed by atoms with E-state index in [0.29, 0.717) is 6.42 Å². The van der Waals surface area contributed by atoms with Crippen LogP contribution in [-0.2, 0) is 18.3 Å². The Hall–Kier alpha value is -1.68. The van der Waals surface area contributed by atoms with Crippen LogP contribution in [-0.4, -0.2) is 21.4 Å². The van der Waals surface area contributed by atoms with E-state index in [-0.39, 0.29) is 11.8 Å². The van der Waals surface area contributed by atoms with Gasteiger partial charge in [-0.25, -0.2) is 4.98 Å². The van der Waals surface area contributed by atoms with Crippen LogP contribution in [0.25, 0.3) is 11.0 Å². The van der Waals surface area contributed by atoms with E-state index >= 15 is 0 Å². The first-order chi connectivity index (χ1) is 8.63.